The van der Waals surface area contributed by atoms with Crippen molar-refractivity contribution in [1.82, 2.24) is 5.32 Å². The molecule has 0 aliphatic carbocycles. The van der Waals surface area contributed by atoms with Crippen molar-refractivity contribution in [2.75, 3.05) is 0 Å². The largest absolute Gasteiger partial charge is 0.310 e. The molecule has 2 aromatic carbocycles. The van der Waals surface area contributed by atoms with Gasteiger partial charge < -0.3 is 5.32 Å². The first-order chi connectivity index (χ1) is 9.88. The molecule has 0 atom stereocenters. The Morgan fingerprint density at radius 3 is 2.24 bits per heavy atom. The van der Waals surface area contributed by atoms with Gasteiger partial charge >= 0.3 is 0 Å². The highest BCUT2D eigenvalue weighted by Gasteiger charge is 2.11. The van der Waals surface area contributed by atoms with Crippen LogP contribution >= 0.6 is 0 Å². The van der Waals surface area contributed by atoms with Crippen molar-refractivity contribution in [3.63, 3.8) is 0 Å². The van der Waals surface area contributed by atoms with Crippen LogP contribution < -0.4 is 5.32 Å². The van der Waals surface area contributed by atoms with Gasteiger partial charge in [0, 0.05) is 18.2 Å². The lowest BCUT2D eigenvalue weighted by atomic mass is 9.97. The zero-order chi connectivity index (χ0) is 15.6. The van der Waals surface area contributed by atoms with E-state index in [1.165, 1.54) is 12.1 Å². The van der Waals surface area contributed by atoms with Gasteiger partial charge in [0.2, 0.25) is 0 Å². The molecular weight excluding hydrogens is 268 g/mol. The fourth-order valence-corrected chi connectivity index (χ4v) is 2.31. The van der Waals surface area contributed by atoms with Crippen LogP contribution in [0.2, 0.25) is 0 Å². The van der Waals surface area contributed by atoms with Gasteiger partial charge in [0.1, 0.15) is 11.6 Å². The summed E-state index contributed by atoms with van der Waals surface area (Å²) in [5.74, 6) is -0.763. The van der Waals surface area contributed by atoms with E-state index in [0.29, 0.717) is 17.2 Å². The molecule has 1 N–H and O–H groups in total. The second kappa shape index (κ2) is 6.35. The van der Waals surface area contributed by atoms with Crippen molar-refractivity contribution in [3.05, 3.63) is 58.7 Å². The zero-order valence-electron chi connectivity index (χ0n) is 12.9. The lowest BCUT2D eigenvalue weighted by Crippen LogP contribution is -2.21. The quantitative estimate of drug-likeness (QED) is 0.856. The molecule has 0 unspecified atom stereocenters. The van der Waals surface area contributed by atoms with E-state index in [2.05, 4.69) is 19.2 Å². The first-order valence-electron chi connectivity index (χ1n) is 7.17. The molecule has 0 heterocycles. The standard InChI is InChI=1S/C18H21F2N/c1-11(2)21-10-14-5-6-15(12(3)7-14)16-9-17(19)13(4)8-18(16)20/h5-9,11,21H,10H2,1-4H3. The third-order valence-electron chi connectivity index (χ3n) is 3.54. The van der Waals surface area contributed by atoms with Crippen molar-refractivity contribution in [3.8, 4) is 11.1 Å². The summed E-state index contributed by atoms with van der Waals surface area (Å²) in [6, 6.07) is 8.77. The molecule has 21 heavy (non-hydrogen) atoms. The molecule has 3 heteroatoms. The Kier molecular flexibility index (Phi) is 4.73. The zero-order valence-corrected chi connectivity index (χ0v) is 12.9. The van der Waals surface area contributed by atoms with Crippen molar-refractivity contribution in [2.45, 2.75) is 40.3 Å². The van der Waals surface area contributed by atoms with E-state index in [1.54, 1.807) is 6.92 Å². The summed E-state index contributed by atoms with van der Waals surface area (Å²) < 4.78 is 27.8. The van der Waals surface area contributed by atoms with Gasteiger partial charge in [0.25, 0.3) is 0 Å². The maximum absolute atomic E-state index is 14.1. The average molecular weight is 289 g/mol. The van der Waals surface area contributed by atoms with Gasteiger partial charge in [-0.25, -0.2) is 8.78 Å². The van der Waals surface area contributed by atoms with Crippen LogP contribution in [-0.4, -0.2) is 6.04 Å². The second-order valence-corrected chi connectivity index (χ2v) is 5.77. The maximum atomic E-state index is 14.1. The van der Waals surface area contributed by atoms with E-state index >= 15 is 0 Å². The smallest absolute Gasteiger partial charge is 0.131 e. The number of benzene rings is 2. The SMILES string of the molecule is Cc1cc(F)c(-c2ccc(CNC(C)C)cc2C)cc1F. The van der Waals surface area contributed by atoms with Crippen molar-refractivity contribution in [1.29, 1.82) is 0 Å². The van der Waals surface area contributed by atoms with Crippen LogP contribution in [0, 0.1) is 25.5 Å². The highest BCUT2D eigenvalue weighted by molar-refractivity contribution is 5.68. The maximum Gasteiger partial charge on any atom is 0.131 e. The van der Waals surface area contributed by atoms with Crippen molar-refractivity contribution >= 4 is 0 Å². The van der Waals surface area contributed by atoms with Crippen LogP contribution in [0.1, 0.15) is 30.5 Å². The van der Waals surface area contributed by atoms with E-state index in [4.69, 9.17) is 0 Å². The van der Waals surface area contributed by atoms with Crippen LogP contribution in [0.4, 0.5) is 8.78 Å². The number of halogens is 2. The van der Waals surface area contributed by atoms with Gasteiger partial charge in [-0.1, -0.05) is 32.0 Å². The van der Waals surface area contributed by atoms with E-state index < -0.39 is 0 Å². The van der Waals surface area contributed by atoms with Gasteiger partial charge in [-0.3, -0.25) is 0 Å². The predicted octanol–water partition coefficient (Wildman–Crippen LogP) is 4.75. The van der Waals surface area contributed by atoms with Crippen molar-refractivity contribution in [2.24, 2.45) is 0 Å². The Balaban J connectivity index is 2.35. The first kappa shape index (κ1) is 15.6. The summed E-state index contributed by atoms with van der Waals surface area (Å²) in [6.07, 6.45) is 0. The highest BCUT2D eigenvalue weighted by Crippen LogP contribution is 2.28. The first-order valence-corrected chi connectivity index (χ1v) is 7.17. The van der Waals surface area contributed by atoms with E-state index in [-0.39, 0.29) is 11.6 Å². The topological polar surface area (TPSA) is 12.0 Å². The molecule has 2 aromatic rings. The Morgan fingerprint density at radius 2 is 1.62 bits per heavy atom. The van der Waals surface area contributed by atoms with Gasteiger partial charge in [-0.2, -0.15) is 0 Å². The highest BCUT2D eigenvalue weighted by atomic mass is 19.1. The summed E-state index contributed by atoms with van der Waals surface area (Å²) in [7, 11) is 0. The summed E-state index contributed by atoms with van der Waals surface area (Å²) in [5.41, 5.74) is 3.46. The monoisotopic (exact) mass is 289 g/mol. The van der Waals surface area contributed by atoms with Crippen LogP contribution in [-0.2, 0) is 6.54 Å². The minimum Gasteiger partial charge on any atom is -0.310 e. The second-order valence-electron chi connectivity index (χ2n) is 5.77. The molecule has 112 valence electrons. The van der Waals surface area contributed by atoms with E-state index in [1.807, 2.05) is 25.1 Å². The lowest BCUT2D eigenvalue weighted by Gasteiger charge is -2.12. The fourth-order valence-electron chi connectivity index (χ4n) is 2.31. The molecule has 0 spiro atoms. The van der Waals surface area contributed by atoms with E-state index in [9.17, 15) is 8.78 Å². The number of nitrogens with one attached hydrogen (secondary N) is 1. The number of aryl methyl sites for hydroxylation is 2. The van der Waals surface area contributed by atoms with Gasteiger partial charge in [-0.15, -0.1) is 0 Å². The predicted molar refractivity (Wildman–Crippen MR) is 83.2 cm³/mol. The van der Waals surface area contributed by atoms with Crippen LogP contribution in [0.15, 0.2) is 30.3 Å². The average Bonchev–Trinajstić information content (AvgIpc) is 2.41. The summed E-state index contributed by atoms with van der Waals surface area (Å²) in [6.45, 7) is 8.43. The summed E-state index contributed by atoms with van der Waals surface area (Å²) >= 11 is 0. The molecule has 0 aliphatic heterocycles. The number of hydrogen-bond donors (Lipinski definition) is 1. The molecule has 0 amide bonds. The molecule has 0 aliphatic rings. The molecule has 2 rings (SSSR count). The molecule has 0 bridgehead atoms. The van der Waals surface area contributed by atoms with Gasteiger partial charge in [-0.05, 0) is 48.2 Å². The molecule has 1 nitrogen and oxygen atoms in total. The van der Waals surface area contributed by atoms with Gasteiger partial charge in [0.05, 0.1) is 0 Å². The summed E-state index contributed by atoms with van der Waals surface area (Å²) in [5, 5.41) is 3.34. The third kappa shape index (κ3) is 3.67. The van der Waals surface area contributed by atoms with Crippen LogP contribution in [0.25, 0.3) is 11.1 Å². The number of hydrogen-bond acceptors (Lipinski definition) is 1. The van der Waals surface area contributed by atoms with E-state index in [0.717, 1.165) is 23.2 Å². The number of rotatable bonds is 4. The molecule has 0 radical (unpaired) electrons. The fraction of sp³-hybridized carbons (Fsp3) is 0.333. The summed E-state index contributed by atoms with van der Waals surface area (Å²) in [4.78, 5) is 0. The Labute approximate surface area is 125 Å². The molecule has 0 saturated carbocycles. The third-order valence-corrected chi connectivity index (χ3v) is 3.54. The molecule has 0 aromatic heterocycles. The Hall–Kier alpha value is -1.74. The van der Waals surface area contributed by atoms with Crippen molar-refractivity contribution < 1.29 is 8.78 Å². The minimum absolute atomic E-state index is 0.318. The van der Waals surface area contributed by atoms with Gasteiger partial charge in [0.15, 0.2) is 0 Å². The minimum atomic E-state index is -0.384. The molecule has 0 saturated heterocycles. The lowest BCUT2D eigenvalue weighted by molar-refractivity contribution is 0.588. The molecular formula is C18H21F2N. The van der Waals surface area contributed by atoms with Crippen LogP contribution in [0.3, 0.4) is 0 Å². The molecule has 0 fully saturated rings. The van der Waals surface area contributed by atoms with Crippen LogP contribution in [0.5, 0.6) is 0 Å². The Bertz CT molecular complexity index is 648. The Morgan fingerprint density at radius 1 is 0.905 bits per heavy atom. The normalized spacial score (nSPS) is 11.2.